The number of phenolic OH excluding ortho intramolecular Hbond substituents is 1. The summed E-state index contributed by atoms with van der Waals surface area (Å²) in [7, 11) is 1.88. The molecule has 0 atom stereocenters. The molecule has 0 saturated carbocycles. The van der Waals surface area contributed by atoms with E-state index in [0.717, 1.165) is 29.8 Å². The van der Waals surface area contributed by atoms with Gasteiger partial charge in [0.05, 0.1) is 11.3 Å². The zero-order valence-electron chi connectivity index (χ0n) is 11.8. The number of aromatic hydroxyl groups is 1. The molecule has 0 aliphatic carbocycles. The Labute approximate surface area is 117 Å². The molecule has 0 saturated heterocycles. The lowest BCUT2D eigenvalue weighted by atomic mass is 9.98. The summed E-state index contributed by atoms with van der Waals surface area (Å²) in [6.07, 6.45) is 1.54. The summed E-state index contributed by atoms with van der Waals surface area (Å²) in [5, 5.41) is 23.6. The van der Waals surface area contributed by atoms with E-state index in [0.29, 0.717) is 5.56 Å². The Hall–Kier alpha value is -2.30. The van der Waals surface area contributed by atoms with Crippen LogP contribution in [0.15, 0.2) is 18.2 Å². The van der Waals surface area contributed by atoms with Crippen molar-refractivity contribution < 1.29 is 15.0 Å². The van der Waals surface area contributed by atoms with Crippen LogP contribution in [-0.4, -0.2) is 26.0 Å². The van der Waals surface area contributed by atoms with Crippen molar-refractivity contribution >= 4 is 5.97 Å². The summed E-state index contributed by atoms with van der Waals surface area (Å²) >= 11 is 0. The highest BCUT2D eigenvalue weighted by Crippen LogP contribution is 2.35. The predicted molar refractivity (Wildman–Crippen MR) is 76.0 cm³/mol. The van der Waals surface area contributed by atoms with Crippen LogP contribution in [0.1, 0.15) is 35.6 Å². The summed E-state index contributed by atoms with van der Waals surface area (Å²) in [4.78, 5) is 10.9. The molecule has 5 nitrogen and oxygen atoms in total. The molecule has 1 heterocycles. The normalized spacial score (nSPS) is 10.8. The van der Waals surface area contributed by atoms with Gasteiger partial charge in [-0.05, 0) is 31.0 Å². The number of benzene rings is 1. The van der Waals surface area contributed by atoms with Crippen molar-refractivity contribution in [3.63, 3.8) is 0 Å². The van der Waals surface area contributed by atoms with E-state index in [1.807, 2.05) is 25.6 Å². The second kappa shape index (κ2) is 5.36. The zero-order chi connectivity index (χ0) is 14.9. The fourth-order valence-electron chi connectivity index (χ4n) is 2.46. The average Bonchev–Trinajstić information content (AvgIpc) is 2.74. The number of hydrogen-bond acceptors (Lipinski definition) is 3. The van der Waals surface area contributed by atoms with Crippen molar-refractivity contribution in [2.75, 3.05) is 0 Å². The van der Waals surface area contributed by atoms with Crippen LogP contribution in [0.2, 0.25) is 0 Å². The van der Waals surface area contributed by atoms with Crippen molar-refractivity contribution in [3.8, 4) is 16.9 Å². The number of carboxylic acid groups (broad SMARTS) is 1. The van der Waals surface area contributed by atoms with Crippen LogP contribution in [0.4, 0.5) is 0 Å². The van der Waals surface area contributed by atoms with Crippen LogP contribution < -0.4 is 0 Å². The molecule has 5 heteroatoms. The molecular weight excluding hydrogens is 256 g/mol. The number of phenols is 1. The molecule has 20 heavy (non-hydrogen) atoms. The maximum atomic E-state index is 10.9. The summed E-state index contributed by atoms with van der Waals surface area (Å²) in [5.74, 6) is -1.08. The van der Waals surface area contributed by atoms with Gasteiger partial charge >= 0.3 is 5.97 Å². The number of aryl methyl sites for hydroxylation is 2. The average molecular weight is 274 g/mol. The van der Waals surface area contributed by atoms with Gasteiger partial charge in [0.2, 0.25) is 0 Å². The third kappa shape index (κ3) is 2.27. The van der Waals surface area contributed by atoms with E-state index < -0.39 is 5.97 Å². The zero-order valence-corrected chi connectivity index (χ0v) is 11.8. The molecule has 0 bridgehead atoms. The highest BCUT2D eigenvalue weighted by Gasteiger charge is 2.19. The Morgan fingerprint density at radius 3 is 2.50 bits per heavy atom. The highest BCUT2D eigenvalue weighted by molar-refractivity contribution is 5.90. The van der Waals surface area contributed by atoms with Gasteiger partial charge in [-0.15, -0.1) is 0 Å². The second-order valence-corrected chi connectivity index (χ2v) is 4.64. The molecule has 2 aromatic rings. The lowest BCUT2D eigenvalue weighted by Crippen LogP contribution is -1.98. The number of rotatable bonds is 4. The quantitative estimate of drug-likeness (QED) is 0.898. The maximum Gasteiger partial charge on any atom is 0.335 e. The van der Waals surface area contributed by atoms with Gasteiger partial charge in [0.1, 0.15) is 5.75 Å². The number of aromatic carboxylic acids is 1. The number of hydrogen-bond donors (Lipinski definition) is 2. The van der Waals surface area contributed by atoms with E-state index in [4.69, 9.17) is 5.11 Å². The number of carboxylic acids is 1. The Balaban J connectivity index is 2.65. The first kappa shape index (κ1) is 14.1. The maximum absolute atomic E-state index is 10.9. The molecule has 106 valence electrons. The summed E-state index contributed by atoms with van der Waals surface area (Å²) in [6.45, 7) is 4.04. The van der Waals surface area contributed by atoms with Crippen LogP contribution in [0, 0.1) is 0 Å². The lowest BCUT2D eigenvalue weighted by molar-refractivity contribution is 0.0696. The first-order valence-corrected chi connectivity index (χ1v) is 6.61. The first-order chi connectivity index (χ1) is 9.49. The Kier molecular flexibility index (Phi) is 3.79. The fourth-order valence-corrected chi connectivity index (χ4v) is 2.46. The van der Waals surface area contributed by atoms with Crippen LogP contribution in [-0.2, 0) is 19.9 Å². The van der Waals surface area contributed by atoms with Crippen molar-refractivity contribution in [1.82, 2.24) is 9.78 Å². The van der Waals surface area contributed by atoms with E-state index in [9.17, 15) is 9.90 Å². The SMILES string of the molecule is CCc1nn(C)c(CC)c1-c1ccc(C(=O)O)cc1O. The summed E-state index contributed by atoms with van der Waals surface area (Å²) < 4.78 is 1.82. The predicted octanol–water partition coefficient (Wildman–Crippen LogP) is 2.62. The minimum Gasteiger partial charge on any atom is -0.507 e. The molecular formula is C15H18N2O3. The van der Waals surface area contributed by atoms with Gasteiger partial charge in [-0.1, -0.05) is 13.8 Å². The van der Waals surface area contributed by atoms with Gasteiger partial charge in [-0.2, -0.15) is 5.10 Å². The van der Waals surface area contributed by atoms with Crippen molar-refractivity contribution in [2.45, 2.75) is 26.7 Å². The molecule has 0 radical (unpaired) electrons. The molecule has 0 aliphatic rings. The third-order valence-electron chi connectivity index (χ3n) is 3.42. The van der Waals surface area contributed by atoms with Crippen molar-refractivity contribution in [1.29, 1.82) is 0 Å². The molecule has 0 unspecified atom stereocenters. The molecule has 0 fully saturated rings. The Bertz CT molecular complexity index is 659. The lowest BCUT2D eigenvalue weighted by Gasteiger charge is -2.08. The van der Waals surface area contributed by atoms with Crippen molar-refractivity contribution in [3.05, 3.63) is 35.2 Å². The van der Waals surface area contributed by atoms with Gasteiger partial charge in [-0.25, -0.2) is 4.79 Å². The van der Waals surface area contributed by atoms with Crippen LogP contribution in [0.3, 0.4) is 0 Å². The van der Waals surface area contributed by atoms with Crippen LogP contribution in [0.5, 0.6) is 5.75 Å². The molecule has 2 N–H and O–H groups in total. The molecule has 0 aliphatic heterocycles. The Morgan fingerprint density at radius 2 is 2.00 bits per heavy atom. The van der Waals surface area contributed by atoms with Crippen LogP contribution in [0.25, 0.3) is 11.1 Å². The van der Waals surface area contributed by atoms with E-state index in [1.165, 1.54) is 12.1 Å². The van der Waals surface area contributed by atoms with Gasteiger partial charge in [-0.3, -0.25) is 4.68 Å². The van der Waals surface area contributed by atoms with Gasteiger partial charge in [0.15, 0.2) is 0 Å². The van der Waals surface area contributed by atoms with Gasteiger partial charge < -0.3 is 10.2 Å². The van der Waals surface area contributed by atoms with Gasteiger partial charge in [0, 0.05) is 23.9 Å². The molecule has 2 rings (SSSR count). The van der Waals surface area contributed by atoms with E-state index in [2.05, 4.69) is 5.10 Å². The highest BCUT2D eigenvalue weighted by atomic mass is 16.4. The van der Waals surface area contributed by atoms with Gasteiger partial charge in [0.25, 0.3) is 0 Å². The standard InChI is InChI=1S/C15H18N2O3/c1-4-11-14(12(5-2)17(3)16-11)10-7-6-9(15(19)20)8-13(10)18/h6-8,18H,4-5H2,1-3H3,(H,19,20). The first-order valence-electron chi connectivity index (χ1n) is 6.61. The minimum atomic E-state index is -1.05. The molecule has 0 amide bonds. The van der Waals surface area contributed by atoms with Crippen LogP contribution >= 0.6 is 0 Å². The number of carbonyl (C=O) groups is 1. The number of nitrogens with zero attached hydrogens (tertiary/aromatic N) is 2. The summed E-state index contributed by atoms with van der Waals surface area (Å²) in [5.41, 5.74) is 3.55. The smallest absolute Gasteiger partial charge is 0.335 e. The van der Waals surface area contributed by atoms with E-state index in [-0.39, 0.29) is 11.3 Å². The third-order valence-corrected chi connectivity index (χ3v) is 3.42. The summed E-state index contributed by atoms with van der Waals surface area (Å²) in [6, 6.07) is 4.43. The largest absolute Gasteiger partial charge is 0.507 e. The van der Waals surface area contributed by atoms with Crippen molar-refractivity contribution in [2.24, 2.45) is 7.05 Å². The molecule has 1 aromatic heterocycles. The topological polar surface area (TPSA) is 75.4 Å². The second-order valence-electron chi connectivity index (χ2n) is 4.64. The fraction of sp³-hybridized carbons (Fsp3) is 0.333. The number of aromatic nitrogens is 2. The van der Waals surface area contributed by atoms with E-state index >= 15 is 0 Å². The monoisotopic (exact) mass is 274 g/mol. The van der Waals surface area contributed by atoms with E-state index in [1.54, 1.807) is 6.07 Å². The Morgan fingerprint density at radius 1 is 1.30 bits per heavy atom. The molecule has 1 aromatic carbocycles. The minimum absolute atomic E-state index is 0.0256. The molecule has 0 spiro atoms.